The molecule has 4 rings (SSSR count). The second-order valence-corrected chi connectivity index (χ2v) is 8.27. The molecule has 3 aromatic rings. The van der Waals surface area contributed by atoms with E-state index >= 15 is 0 Å². The number of nitrogens with zero attached hydrogens (tertiary/aromatic N) is 4. The van der Waals surface area contributed by atoms with E-state index in [-0.39, 0.29) is 6.04 Å². The minimum absolute atomic E-state index is 0.187. The highest BCUT2D eigenvalue weighted by Gasteiger charge is 2.28. The van der Waals surface area contributed by atoms with Gasteiger partial charge in [-0.25, -0.2) is 0 Å². The van der Waals surface area contributed by atoms with Crippen LogP contribution in [0.3, 0.4) is 0 Å². The van der Waals surface area contributed by atoms with Crippen LogP contribution in [0, 0.1) is 0 Å². The molecule has 0 bridgehead atoms. The first-order valence-electron chi connectivity index (χ1n) is 10.5. The van der Waals surface area contributed by atoms with Gasteiger partial charge in [0, 0.05) is 51.7 Å². The van der Waals surface area contributed by atoms with Crippen molar-refractivity contribution in [2.45, 2.75) is 18.4 Å². The Bertz CT molecular complexity index is 976. The maximum absolute atomic E-state index is 4.92. The predicted molar refractivity (Wildman–Crippen MR) is 129 cm³/mol. The predicted octanol–water partition coefficient (Wildman–Crippen LogP) is 5.54. The zero-order valence-electron chi connectivity index (χ0n) is 18.2. The van der Waals surface area contributed by atoms with Gasteiger partial charge in [0.25, 0.3) is 0 Å². The van der Waals surface area contributed by atoms with Crippen molar-refractivity contribution >= 4 is 23.3 Å². The molecule has 154 valence electrons. The minimum atomic E-state index is 0.187. The number of rotatable bonds is 5. The minimum Gasteiger partial charge on any atom is -0.378 e. The van der Waals surface area contributed by atoms with Gasteiger partial charge in [-0.1, -0.05) is 42.5 Å². The van der Waals surface area contributed by atoms with E-state index in [1.165, 1.54) is 22.5 Å². The highest BCUT2D eigenvalue weighted by molar-refractivity contribution is 5.72. The number of hydrazone groups is 1. The zero-order valence-corrected chi connectivity index (χ0v) is 18.2. The molecule has 2 atom stereocenters. The Labute approximate surface area is 180 Å². The van der Waals surface area contributed by atoms with E-state index in [0.717, 1.165) is 12.1 Å². The molecular formula is C26H30N4. The smallest absolute Gasteiger partial charge is 0.0784 e. The van der Waals surface area contributed by atoms with Gasteiger partial charge in [-0.15, -0.1) is 0 Å². The molecule has 4 nitrogen and oxygen atoms in total. The Balaban J connectivity index is 1.67. The van der Waals surface area contributed by atoms with Crippen molar-refractivity contribution < 1.29 is 0 Å². The van der Waals surface area contributed by atoms with E-state index < -0.39 is 0 Å². The van der Waals surface area contributed by atoms with Gasteiger partial charge < -0.3 is 9.80 Å². The molecule has 1 heterocycles. The molecule has 2 unspecified atom stereocenters. The summed E-state index contributed by atoms with van der Waals surface area (Å²) in [6.07, 6.45) is 3.09. The lowest BCUT2D eigenvalue weighted by molar-refractivity contribution is 0.549. The summed E-state index contributed by atoms with van der Waals surface area (Å²) >= 11 is 0. The van der Waals surface area contributed by atoms with Crippen LogP contribution in [0.4, 0.5) is 17.1 Å². The summed E-state index contributed by atoms with van der Waals surface area (Å²) in [5.74, 6) is 0.291. The van der Waals surface area contributed by atoms with Crippen molar-refractivity contribution in [3.8, 4) is 0 Å². The van der Waals surface area contributed by atoms with E-state index in [2.05, 4.69) is 122 Å². The number of hydrogen-bond donors (Lipinski definition) is 0. The van der Waals surface area contributed by atoms with Gasteiger partial charge in [0.05, 0.1) is 11.7 Å². The van der Waals surface area contributed by atoms with Crippen molar-refractivity contribution in [3.63, 3.8) is 0 Å². The van der Waals surface area contributed by atoms with Crippen molar-refractivity contribution in [3.05, 3.63) is 90.0 Å². The van der Waals surface area contributed by atoms with E-state index in [4.69, 9.17) is 5.10 Å². The third-order valence-corrected chi connectivity index (χ3v) is 5.80. The Hall–Kier alpha value is -3.27. The molecule has 0 amide bonds. The first-order valence-corrected chi connectivity index (χ1v) is 10.5. The molecule has 0 fully saturated rings. The molecule has 0 saturated carbocycles. The Morgan fingerprint density at radius 1 is 0.700 bits per heavy atom. The average molecular weight is 399 g/mol. The quantitative estimate of drug-likeness (QED) is 0.563. The highest BCUT2D eigenvalue weighted by Crippen LogP contribution is 2.39. The van der Waals surface area contributed by atoms with Crippen LogP contribution in [0.15, 0.2) is 84.0 Å². The van der Waals surface area contributed by atoms with Gasteiger partial charge in [-0.05, 0) is 53.9 Å². The third-order valence-electron chi connectivity index (χ3n) is 5.80. The molecule has 0 saturated heterocycles. The molecule has 3 aromatic carbocycles. The fourth-order valence-corrected chi connectivity index (χ4v) is 3.98. The van der Waals surface area contributed by atoms with Crippen LogP contribution < -0.4 is 14.8 Å². The van der Waals surface area contributed by atoms with Crippen molar-refractivity contribution in [1.29, 1.82) is 0 Å². The molecule has 1 aliphatic heterocycles. The second-order valence-electron chi connectivity index (χ2n) is 8.27. The van der Waals surface area contributed by atoms with E-state index in [1.807, 2.05) is 6.07 Å². The van der Waals surface area contributed by atoms with Crippen LogP contribution in [0.5, 0.6) is 0 Å². The van der Waals surface area contributed by atoms with Gasteiger partial charge in [-0.2, -0.15) is 5.10 Å². The molecule has 4 heteroatoms. The lowest BCUT2D eigenvalue weighted by atomic mass is 9.88. The zero-order chi connectivity index (χ0) is 21.1. The lowest BCUT2D eigenvalue weighted by Gasteiger charge is -2.36. The molecule has 1 aliphatic rings. The molecule has 0 radical (unpaired) electrons. The highest BCUT2D eigenvalue weighted by atomic mass is 15.5. The van der Waals surface area contributed by atoms with Gasteiger partial charge in [0.1, 0.15) is 0 Å². The summed E-state index contributed by atoms with van der Waals surface area (Å²) < 4.78 is 0. The Morgan fingerprint density at radius 2 is 1.23 bits per heavy atom. The van der Waals surface area contributed by atoms with Crippen LogP contribution in [0.1, 0.15) is 29.5 Å². The fraction of sp³-hybridized carbons (Fsp3) is 0.269. The fourth-order valence-electron chi connectivity index (χ4n) is 3.98. The lowest BCUT2D eigenvalue weighted by Crippen LogP contribution is -2.30. The largest absolute Gasteiger partial charge is 0.378 e. The van der Waals surface area contributed by atoms with Crippen molar-refractivity contribution in [2.75, 3.05) is 43.0 Å². The standard InChI is InChI=1S/C26H30N4/c1-28(2)23-14-10-20(11-15-23)22-18-26(21-12-16-24(17-13-21)29(3)4)30(27-19-22)25-8-6-5-7-9-25/h5-17,19,22,26H,18H2,1-4H3. The first kappa shape index (κ1) is 20.0. The number of hydrogen-bond acceptors (Lipinski definition) is 4. The molecule has 0 aromatic heterocycles. The molecular weight excluding hydrogens is 368 g/mol. The maximum atomic E-state index is 4.92. The maximum Gasteiger partial charge on any atom is 0.0784 e. The normalized spacial score (nSPS) is 18.3. The van der Waals surface area contributed by atoms with E-state index in [9.17, 15) is 0 Å². The van der Waals surface area contributed by atoms with E-state index in [1.54, 1.807) is 0 Å². The third kappa shape index (κ3) is 4.18. The van der Waals surface area contributed by atoms with Gasteiger partial charge in [0.15, 0.2) is 0 Å². The number of benzene rings is 3. The van der Waals surface area contributed by atoms with Crippen LogP contribution in [-0.4, -0.2) is 34.4 Å². The SMILES string of the molecule is CN(C)c1ccc(C2C=NN(c3ccccc3)C(c3ccc(N(C)C)cc3)C2)cc1. The number of anilines is 3. The summed E-state index contributed by atoms with van der Waals surface area (Å²) in [6.45, 7) is 0. The van der Waals surface area contributed by atoms with Crippen LogP contribution in [-0.2, 0) is 0 Å². The van der Waals surface area contributed by atoms with Crippen molar-refractivity contribution in [2.24, 2.45) is 5.10 Å². The van der Waals surface area contributed by atoms with Gasteiger partial charge >= 0.3 is 0 Å². The van der Waals surface area contributed by atoms with Crippen LogP contribution >= 0.6 is 0 Å². The Morgan fingerprint density at radius 3 is 1.77 bits per heavy atom. The van der Waals surface area contributed by atoms with Crippen LogP contribution in [0.25, 0.3) is 0 Å². The number of para-hydroxylation sites is 1. The van der Waals surface area contributed by atoms with Crippen molar-refractivity contribution in [1.82, 2.24) is 0 Å². The molecule has 0 spiro atoms. The van der Waals surface area contributed by atoms with Gasteiger partial charge in [-0.3, -0.25) is 5.01 Å². The second kappa shape index (κ2) is 8.62. The molecule has 0 N–H and O–H groups in total. The van der Waals surface area contributed by atoms with Gasteiger partial charge in [0.2, 0.25) is 0 Å². The summed E-state index contributed by atoms with van der Waals surface area (Å²) in [5, 5.41) is 7.08. The summed E-state index contributed by atoms with van der Waals surface area (Å²) in [6, 6.07) is 28.3. The average Bonchev–Trinajstić information content (AvgIpc) is 2.79. The molecule has 0 aliphatic carbocycles. The summed E-state index contributed by atoms with van der Waals surface area (Å²) in [4.78, 5) is 4.26. The Kier molecular flexibility index (Phi) is 5.75. The van der Waals surface area contributed by atoms with E-state index in [0.29, 0.717) is 5.92 Å². The topological polar surface area (TPSA) is 22.1 Å². The summed E-state index contributed by atoms with van der Waals surface area (Å²) in [7, 11) is 8.29. The monoisotopic (exact) mass is 398 g/mol. The molecule has 30 heavy (non-hydrogen) atoms. The van der Waals surface area contributed by atoms with Crippen LogP contribution in [0.2, 0.25) is 0 Å². The first-order chi connectivity index (χ1) is 14.5. The summed E-state index contributed by atoms with van der Waals surface area (Å²) in [5.41, 5.74) is 6.15.